The van der Waals surface area contributed by atoms with Crippen molar-refractivity contribution in [2.24, 2.45) is 5.92 Å². The third kappa shape index (κ3) is 3.60. The number of benzene rings is 1. The lowest BCUT2D eigenvalue weighted by atomic mass is 9.97. The summed E-state index contributed by atoms with van der Waals surface area (Å²) < 4.78 is 25.6. The van der Waals surface area contributed by atoms with Gasteiger partial charge in [-0.25, -0.2) is 17.7 Å². The van der Waals surface area contributed by atoms with Crippen LogP contribution in [0, 0.1) is 5.92 Å². The topological polar surface area (TPSA) is 79.4 Å². The van der Waals surface area contributed by atoms with Gasteiger partial charge in [-0.05, 0) is 30.9 Å². The first-order valence-corrected chi connectivity index (χ1v) is 10.7. The van der Waals surface area contributed by atoms with Gasteiger partial charge in [0.15, 0.2) is 5.13 Å². The number of piperidine rings is 1. The second-order valence-corrected chi connectivity index (χ2v) is 9.08. The Hall–Kier alpha value is -1.51. The molecule has 1 saturated heterocycles. The van der Waals surface area contributed by atoms with Crippen LogP contribution in [-0.2, 0) is 21.2 Å². The fourth-order valence-electron chi connectivity index (χ4n) is 3.00. The van der Waals surface area contributed by atoms with Gasteiger partial charge >= 0.3 is 0 Å². The van der Waals surface area contributed by atoms with E-state index < -0.39 is 10.0 Å². The number of nitrogens with one attached hydrogen (secondary N) is 1. The van der Waals surface area contributed by atoms with Gasteiger partial charge in [-0.3, -0.25) is 4.79 Å². The average Bonchev–Trinajstić information content (AvgIpc) is 2.96. The normalized spacial score (nSPS) is 17.2. The van der Waals surface area contributed by atoms with Crippen molar-refractivity contribution in [1.29, 1.82) is 0 Å². The predicted molar refractivity (Wildman–Crippen MR) is 96.8 cm³/mol. The molecule has 1 aliphatic rings. The van der Waals surface area contributed by atoms with Crippen LogP contribution >= 0.6 is 11.3 Å². The van der Waals surface area contributed by atoms with E-state index in [2.05, 4.69) is 23.3 Å². The third-order valence-corrected chi connectivity index (χ3v) is 6.65. The second kappa shape index (κ2) is 6.78. The van der Waals surface area contributed by atoms with Crippen LogP contribution in [0.1, 0.15) is 25.3 Å². The van der Waals surface area contributed by atoms with Gasteiger partial charge in [0, 0.05) is 19.0 Å². The Morgan fingerprint density at radius 1 is 1.38 bits per heavy atom. The minimum atomic E-state index is -3.17. The smallest absolute Gasteiger partial charge is 0.229 e. The number of carbonyl (C=O) groups excluding carboxylic acids is 1. The van der Waals surface area contributed by atoms with Crippen LogP contribution in [0.2, 0.25) is 0 Å². The summed E-state index contributed by atoms with van der Waals surface area (Å²) in [5, 5.41) is 3.52. The highest BCUT2D eigenvalue weighted by Crippen LogP contribution is 2.29. The Kier molecular flexibility index (Phi) is 4.89. The molecule has 2 aromatic rings. The van der Waals surface area contributed by atoms with Crippen LogP contribution in [0.3, 0.4) is 0 Å². The van der Waals surface area contributed by atoms with E-state index in [4.69, 9.17) is 0 Å². The SMILES string of the molecule is CCc1cccc2sc(NC(=O)C3CCN(S(C)(=O)=O)CC3)nc12. The molecule has 8 heteroatoms. The van der Waals surface area contributed by atoms with E-state index in [9.17, 15) is 13.2 Å². The number of rotatable bonds is 4. The van der Waals surface area contributed by atoms with Gasteiger partial charge in [-0.1, -0.05) is 30.4 Å². The largest absolute Gasteiger partial charge is 0.302 e. The van der Waals surface area contributed by atoms with Crippen molar-refractivity contribution >= 4 is 42.6 Å². The van der Waals surface area contributed by atoms with Gasteiger partial charge in [-0.2, -0.15) is 0 Å². The number of hydrogen-bond acceptors (Lipinski definition) is 5. The monoisotopic (exact) mass is 367 g/mol. The summed E-state index contributed by atoms with van der Waals surface area (Å²) >= 11 is 1.47. The first-order valence-electron chi connectivity index (χ1n) is 8.03. The Balaban J connectivity index is 1.68. The number of fused-ring (bicyclic) bond motifs is 1. The van der Waals surface area contributed by atoms with E-state index in [1.54, 1.807) is 0 Å². The number of nitrogens with zero attached hydrogens (tertiary/aromatic N) is 2. The van der Waals surface area contributed by atoms with E-state index in [0.717, 1.165) is 16.6 Å². The van der Waals surface area contributed by atoms with E-state index in [1.165, 1.54) is 27.5 Å². The Morgan fingerprint density at radius 2 is 2.08 bits per heavy atom. The molecule has 1 amide bonds. The fraction of sp³-hybridized carbons (Fsp3) is 0.500. The third-order valence-electron chi connectivity index (χ3n) is 4.41. The molecule has 24 heavy (non-hydrogen) atoms. The molecule has 1 aromatic carbocycles. The number of aryl methyl sites for hydroxylation is 1. The Labute approximate surface area is 145 Å². The van der Waals surface area contributed by atoms with Gasteiger partial charge in [0.2, 0.25) is 15.9 Å². The molecule has 1 aliphatic heterocycles. The second-order valence-electron chi connectivity index (χ2n) is 6.06. The molecule has 130 valence electrons. The van der Waals surface area contributed by atoms with Crippen molar-refractivity contribution in [3.63, 3.8) is 0 Å². The molecule has 0 aliphatic carbocycles. The molecular formula is C16H21N3O3S2. The highest BCUT2D eigenvalue weighted by atomic mass is 32.2. The van der Waals surface area contributed by atoms with E-state index in [1.807, 2.05) is 12.1 Å². The molecule has 6 nitrogen and oxygen atoms in total. The van der Waals surface area contributed by atoms with Crippen molar-refractivity contribution in [3.8, 4) is 0 Å². The number of carbonyl (C=O) groups is 1. The molecule has 1 fully saturated rings. The highest BCUT2D eigenvalue weighted by molar-refractivity contribution is 7.88. The lowest BCUT2D eigenvalue weighted by molar-refractivity contribution is -0.120. The number of sulfonamides is 1. The molecule has 0 unspecified atom stereocenters. The minimum Gasteiger partial charge on any atom is -0.302 e. The van der Waals surface area contributed by atoms with E-state index >= 15 is 0 Å². The molecule has 1 N–H and O–H groups in total. The van der Waals surface area contributed by atoms with Gasteiger partial charge in [-0.15, -0.1) is 0 Å². The first-order chi connectivity index (χ1) is 11.4. The average molecular weight is 367 g/mol. The number of anilines is 1. The Morgan fingerprint density at radius 3 is 2.71 bits per heavy atom. The zero-order chi connectivity index (χ0) is 17.3. The standard InChI is InChI=1S/C16H21N3O3S2/c1-3-11-5-4-6-13-14(11)17-16(23-13)18-15(20)12-7-9-19(10-8-12)24(2,21)22/h4-6,12H,3,7-10H2,1-2H3,(H,17,18,20). The van der Waals surface area contributed by atoms with Crippen LogP contribution < -0.4 is 5.32 Å². The summed E-state index contributed by atoms with van der Waals surface area (Å²) in [5.41, 5.74) is 2.12. The summed E-state index contributed by atoms with van der Waals surface area (Å²) in [5.74, 6) is -0.235. The Bertz CT molecular complexity index is 853. The molecule has 0 saturated carbocycles. The maximum atomic E-state index is 12.4. The van der Waals surface area contributed by atoms with Crippen molar-refractivity contribution in [3.05, 3.63) is 23.8 Å². The zero-order valence-electron chi connectivity index (χ0n) is 13.8. The molecule has 2 heterocycles. The van der Waals surface area contributed by atoms with E-state index in [0.29, 0.717) is 31.1 Å². The van der Waals surface area contributed by atoms with Crippen molar-refractivity contribution < 1.29 is 13.2 Å². The summed E-state index contributed by atoms with van der Waals surface area (Å²) in [6.07, 6.45) is 3.20. The molecule has 3 rings (SSSR count). The summed E-state index contributed by atoms with van der Waals surface area (Å²) in [4.78, 5) is 17.0. The molecule has 0 atom stereocenters. The lowest BCUT2D eigenvalue weighted by Gasteiger charge is -2.29. The minimum absolute atomic E-state index is 0.0692. The van der Waals surface area contributed by atoms with Gasteiger partial charge in [0.05, 0.1) is 16.5 Å². The fourth-order valence-corrected chi connectivity index (χ4v) is 4.79. The van der Waals surface area contributed by atoms with Crippen molar-refractivity contribution in [2.45, 2.75) is 26.2 Å². The summed E-state index contributed by atoms with van der Waals surface area (Å²) in [6, 6.07) is 6.06. The quantitative estimate of drug-likeness (QED) is 0.900. The number of para-hydroxylation sites is 1. The molecule has 1 aromatic heterocycles. The number of hydrogen-bond donors (Lipinski definition) is 1. The maximum absolute atomic E-state index is 12.4. The maximum Gasteiger partial charge on any atom is 0.229 e. The molecule has 0 bridgehead atoms. The van der Waals surface area contributed by atoms with Crippen molar-refractivity contribution in [2.75, 3.05) is 24.7 Å². The van der Waals surface area contributed by atoms with Crippen LogP contribution in [0.5, 0.6) is 0 Å². The number of thiazole rings is 1. The van der Waals surface area contributed by atoms with Crippen LogP contribution in [0.25, 0.3) is 10.2 Å². The van der Waals surface area contributed by atoms with Crippen LogP contribution in [0.15, 0.2) is 18.2 Å². The first kappa shape index (κ1) is 17.3. The van der Waals surface area contributed by atoms with Gasteiger partial charge < -0.3 is 5.32 Å². The number of aromatic nitrogens is 1. The van der Waals surface area contributed by atoms with Crippen LogP contribution in [-0.4, -0.2) is 43.0 Å². The van der Waals surface area contributed by atoms with Crippen molar-refractivity contribution in [1.82, 2.24) is 9.29 Å². The molecule has 0 spiro atoms. The molecular weight excluding hydrogens is 346 g/mol. The lowest BCUT2D eigenvalue weighted by Crippen LogP contribution is -2.40. The van der Waals surface area contributed by atoms with Gasteiger partial charge in [0.1, 0.15) is 0 Å². The highest BCUT2D eigenvalue weighted by Gasteiger charge is 2.29. The predicted octanol–water partition coefficient (Wildman–Crippen LogP) is 2.47. The van der Waals surface area contributed by atoms with E-state index in [-0.39, 0.29) is 11.8 Å². The zero-order valence-corrected chi connectivity index (χ0v) is 15.4. The summed E-state index contributed by atoms with van der Waals surface area (Å²) in [7, 11) is -3.17. The summed E-state index contributed by atoms with van der Waals surface area (Å²) in [6.45, 7) is 2.88. The van der Waals surface area contributed by atoms with Crippen LogP contribution in [0.4, 0.5) is 5.13 Å². The number of amides is 1. The van der Waals surface area contributed by atoms with Gasteiger partial charge in [0.25, 0.3) is 0 Å². The molecule has 0 radical (unpaired) electrons.